The van der Waals surface area contributed by atoms with Crippen LogP contribution in [0.2, 0.25) is 0 Å². The van der Waals surface area contributed by atoms with Crippen LogP contribution in [-0.2, 0) is 4.79 Å². The number of rotatable bonds is 5. The average molecular weight is 228 g/mol. The molecule has 3 atom stereocenters. The van der Waals surface area contributed by atoms with E-state index in [9.17, 15) is 9.59 Å². The van der Waals surface area contributed by atoms with Crippen LogP contribution in [0.3, 0.4) is 0 Å². The molecule has 0 radical (unpaired) electrons. The highest BCUT2D eigenvalue weighted by Gasteiger charge is 2.42. The number of nitrogens with one attached hydrogen (secondary N) is 2. The molecule has 2 amide bonds. The van der Waals surface area contributed by atoms with E-state index in [1.165, 1.54) is 0 Å². The topological polar surface area (TPSA) is 58.2 Å². The SMILES string of the molecule is O=CCCCC[C@@H]1SC[C@H]2NC(=O)N[C@@H]12. The Morgan fingerprint density at radius 1 is 1.40 bits per heavy atom. The Hall–Kier alpha value is -0.710. The summed E-state index contributed by atoms with van der Waals surface area (Å²) in [4.78, 5) is 21.3. The minimum absolute atomic E-state index is 0.0248. The number of hydrogen-bond acceptors (Lipinski definition) is 3. The number of urea groups is 1. The molecule has 0 spiro atoms. The fourth-order valence-electron chi connectivity index (χ4n) is 2.22. The molecule has 2 aliphatic rings. The van der Waals surface area contributed by atoms with Crippen LogP contribution in [0.4, 0.5) is 4.79 Å². The highest BCUT2D eigenvalue weighted by atomic mass is 32.2. The Morgan fingerprint density at radius 3 is 3.07 bits per heavy atom. The monoisotopic (exact) mass is 228 g/mol. The summed E-state index contributed by atoms with van der Waals surface area (Å²) in [6.07, 6.45) is 4.79. The molecule has 2 N–H and O–H groups in total. The van der Waals surface area contributed by atoms with Gasteiger partial charge in [-0.15, -0.1) is 0 Å². The van der Waals surface area contributed by atoms with E-state index in [1.807, 2.05) is 11.8 Å². The molecule has 2 heterocycles. The lowest BCUT2D eigenvalue weighted by Gasteiger charge is -2.15. The van der Waals surface area contributed by atoms with Gasteiger partial charge in [-0.3, -0.25) is 0 Å². The molecule has 84 valence electrons. The standard InChI is InChI=1S/C10H16N2O2S/c13-5-3-1-2-4-8-9-7(6-15-8)11-10(14)12-9/h5,7-9H,1-4,6H2,(H2,11,12,14)/t7-,8+,9-/m1/s1. The van der Waals surface area contributed by atoms with Gasteiger partial charge in [0, 0.05) is 17.4 Å². The van der Waals surface area contributed by atoms with Crippen LogP contribution in [0.5, 0.6) is 0 Å². The van der Waals surface area contributed by atoms with Gasteiger partial charge < -0.3 is 15.4 Å². The first-order valence-electron chi connectivity index (χ1n) is 5.43. The number of carbonyl (C=O) groups excluding carboxylic acids is 2. The lowest BCUT2D eigenvalue weighted by Crippen LogP contribution is -2.36. The first kappa shape index (κ1) is 10.8. The van der Waals surface area contributed by atoms with E-state index in [1.54, 1.807) is 0 Å². The minimum atomic E-state index is -0.0248. The van der Waals surface area contributed by atoms with Gasteiger partial charge in [-0.2, -0.15) is 11.8 Å². The molecule has 0 aromatic rings. The van der Waals surface area contributed by atoms with Gasteiger partial charge in [0.15, 0.2) is 0 Å². The van der Waals surface area contributed by atoms with Crippen molar-refractivity contribution in [2.75, 3.05) is 5.75 Å². The molecule has 0 saturated carbocycles. The molecule has 2 fully saturated rings. The minimum Gasteiger partial charge on any atom is -0.332 e. The summed E-state index contributed by atoms with van der Waals surface area (Å²) in [7, 11) is 0. The number of hydrogen-bond donors (Lipinski definition) is 2. The predicted octanol–water partition coefficient (Wildman–Crippen LogP) is 0.911. The van der Waals surface area contributed by atoms with Gasteiger partial charge in [0.2, 0.25) is 0 Å². The van der Waals surface area contributed by atoms with Crippen LogP contribution in [0.1, 0.15) is 25.7 Å². The first-order valence-corrected chi connectivity index (χ1v) is 6.48. The van der Waals surface area contributed by atoms with Gasteiger partial charge in [-0.1, -0.05) is 6.42 Å². The molecule has 0 aliphatic carbocycles. The van der Waals surface area contributed by atoms with Gasteiger partial charge in [0.05, 0.1) is 12.1 Å². The average Bonchev–Trinajstić information content (AvgIpc) is 2.73. The number of thioether (sulfide) groups is 1. The summed E-state index contributed by atoms with van der Waals surface area (Å²) in [5.41, 5.74) is 0. The quantitative estimate of drug-likeness (QED) is 0.418. The van der Waals surface area contributed by atoms with Crippen molar-refractivity contribution in [2.45, 2.75) is 43.0 Å². The third-order valence-electron chi connectivity index (χ3n) is 3.00. The first-order chi connectivity index (χ1) is 7.31. The van der Waals surface area contributed by atoms with Gasteiger partial charge in [-0.25, -0.2) is 4.79 Å². The molecule has 15 heavy (non-hydrogen) atoms. The second kappa shape index (κ2) is 4.88. The van der Waals surface area contributed by atoms with Crippen molar-refractivity contribution in [2.24, 2.45) is 0 Å². The second-order valence-corrected chi connectivity index (χ2v) is 5.35. The van der Waals surface area contributed by atoms with Crippen molar-refractivity contribution in [1.29, 1.82) is 0 Å². The summed E-state index contributed by atoms with van der Waals surface area (Å²) < 4.78 is 0. The van der Waals surface area contributed by atoms with Gasteiger partial charge in [0.1, 0.15) is 6.29 Å². The lowest BCUT2D eigenvalue weighted by atomic mass is 10.0. The zero-order chi connectivity index (χ0) is 10.7. The summed E-state index contributed by atoms with van der Waals surface area (Å²) in [5.74, 6) is 1.02. The van der Waals surface area contributed by atoms with Crippen LogP contribution >= 0.6 is 11.8 Å². The lowest BCUT2D eigenvalue weighted by molar-refractivity contribution is -0.107. The van der Waals surface area contributed by atoms with Crippen LogP contribution in [0, 0.1) is 0 Å². The highest BCUT2D eigenvalue weighted by molar-refractivity contribution is 8.00. The van der Waals surface area contributed by atoms with E-state index < -0.39 is 0 Å². The third-order valence-corrected chi connectivity index (χ3v) is 4.51. The summed E-state index contributed by atoms with van der Waals surface area (Å²) in [6.45, 7) is 0. The Kier molecular flexibility index (Phi) is 3.51. The van der Waals surface area contributed by atoms with Gasteiger partial charge >= 0.3 is 6.03 Å². The van der Waals surface area contributed by atoms with Crippen molar-refractivity contribution >= 4 is 24.1 Å². The molecular weight excluding hydrogens is 212 g/mol. The number of carbonyl (C=O) groups is 2. The van der Waals surface area contributed by atoms with Crippen LogP contribution in [-0.4, -0.2) is 35.4 Å². The normalized spacial score (nSPS) is 33.3. The van der Waals surface area contributed by atoms with Crippen molar-refractivity contribution in [1.82, 2.24) is 10.6 Å². The summed E-state index contributed by atoms with van der Waals surface area (Å²) in [5, 5.41) is 6.42. The molecule has 0 aromatic carbocycles. The van der Waals surface area contributed by atoms with E-state index in [0.717, 1.165) is 31.3 Å². The molecule has 4 nitrogen and oxygen atoms in total. The third kappa shape index (κ3) is 2.45. The number of unbranched alkanes of at least 4 members (excludes halogenated alkanes) is 2. The number of amides is 2. The zero-order valence-corrected chi connectivity index (χ0v) is 9.39. The fraction of sp³-hybridized carbons (Fsp3) is 0.800. The van der Waals surface area contributed by atoms with Crippen molar-refractivity contribution in [3.63, 3.8) is 0 Å². The van der Waals surface area contributed by atoms with Crippen molar-refractivity contribution in [3.05, 3.63) is 0 Å². The summed E-state index contributed by atoms with van der Waals surface area (Å²) in [6, 6.07) is 0.598. The van der Waals surface area contributed by atoms with E-state index in [4.69, 9.17) is 0 Å². The van der Waals surface area contributed by atoms with E-state index in [0.29, 0.717) is 23.8 Å². The predicted molar refractivity (Wildman–Crippen MR) is 60.0 cm³/mol. The van der Waals surface area contributed by atoms with E-state index >= 15 is 0 Å². The van der Waals surface area contributed by atoms with Crippen molar-refractivity contribution < 1.29 is 9.59 Å². The Morgan fingerprint density at radius 2 is 2.27 bits per heavy atom. The molecule has 2 saturated heterocycles. The Bertz CT molecular complexity index is 260. The molecule has 0 aromatic heterocycles. The number of fused-ring (bicyclic) bond motifs is 1. The second-order valence-electron chi connectivity index (χ2n) is 4.07. The number of aldehydes is 1. The zero-order valence-electron chi connectivity index (χ0n) is 8.57. The highest BCUT2D eigenvalue weighted by Crippen LogP contribution is 2.33. The Labute approximate surface area is 93.6 Å². The summed E-state index contributed by atoms with van der Waals surface area (Å²) >= 11 is 1.93. The Balaban J connectivity index is 1.74. The maximum Gasteiger partial charge on any atom is 0.315 e. The molecule has 2 rings (SSSR count). The van der Waals surface area contributed by atoms with Crippen LogP contribution in [0.15, 0.2) is 0 Å². The van der Waals surface area contributed by atoms with Gasteiger partial charge in [-0.05, 0) is 12.8 Å². The smallest absolute Gasteiger partial charge is 0.315 e. The molecular formula is C10H16N2O2S. The van der Waals surface area contributed by atoms with Gasteiger partial charge in [0.25, 0.3) is 0 Å². The largest absolute Gasteiger partial charge is 0.332 e. The molecule has 0 bridgehead atoms. The fourth-order valence-corrected chi connectivity index (χ4v) is 3.76. The maximum absolute atomic E-state index is 11.1. The van der Waals surface area contributed by atoms with Crippen LogP contribution < -0.4 is 10.6 Å². The molecule has 5 heteroatoms. The van der Waals surface area contributed by atoms with E-state index in [2.05, 4.69) is 10.6 Å². The maximum atomic E-state index is 11.1. The van der Waals surface area contributed by atoms with Crippen LogP contribution in [0.25, 0.3) is 0 Å². The van der Waals surface area contributed by atoms with E-state index in [-0.39, 0.29) is 6.03 Å². The van der Waals surface area contributed by atoms with Crippen molar-refractivity contribution in [3.8, 4) is 0 Å². The molecule has 0 unspecified atom stereocenters. The molecule has 2 aliphatic heterocycles.